The van der Waals surface area contributed by atoms with Crippen LogP contribution in [-0.2, 0) is 23.3 Å². The van der Waals surface area contributed by atoms with E-state index in [-0.39, 0.29) is 6.04 Å². The molecule has 3 rings (SSSR count). The lowest BCUT2D eigenvalue weighted by Gasteiger charge is -2.24. The van der Waals surface area contributed by atoms with Crippen molar-refractivity contribution in [2.75, 3.05) is 6.54 Å². The van der Waals surface area contributed by atoms with Crippen molar-refractivity contribution in [3.05, 3.63) is 54.4 Å². The number of aromatic nitrogens is 2. The molecule has 0 bridgehead atoms. The first-order chi connectivity index (χ1) is 10.6. The van der Waals surface area contributed by atoms with Crippen LogP contribution in [0.3, 0.4) is 0 Å². The third kappa shape index (κ3) is 3.55. The molecule has 1 fully saturated rings. The van der Waals surface area contributed by atoms with E-state index in [4.69, 9.17) is 0 Å². The van der Waals surface area contributed by atoms with E-state index in [1.54, 1.807) is 15.2 Å². The Bertz CT molecular complexity index is 686. The number of nitrogens with one attached hydrogen (secondary N) is 1. The van der Waals surface area contributed by atoms with E-state index in [0.717, 1.165) is 18.4 Å². The maximum Gasteiger partial charge on any atom is 0.280 e. The summed E-state index contributed by atoms with van der Waals surface area (Å²) in [5.74, 6) is 0. The van der Waals surface area contributed by atoms with Crippen LogP contribution in [0.2, 0.25) is 0 Å². The molecule has 1 N–H and O–H groups in total. The Morgan fingerprint density at radius 2 is 2.05 bits per heavy atom. The second-order valence-electron chi connectivity index (χ2n) is 5.45. The minimum absolute atomic E-state index is 0.0341. The monoisotopic (exact) mass is 320 g/mol. The maximum atomic E-state index is 12.5. The topological polar surface area (TPSA) is 67.2 Å². The lowest BCUT2D eigenvalue weighted by Crippen LogP contribution is -2.44. The zero-order valence-electron chi connectivity index (χ0n) is 12.3. The molecule has 0 radical (unpaired) electrons. The number of rotatable bonds is 6. The van der Waals surface area contributed by atoms with E-state index in [2.05, 4.69) is 9.82 Å². The second kappa shape index (κ2) is 6.60. The third-order valence-corrected chi connectivity index (χ3v) is 5.50. The summed E-state index contributed by atoms with van der Waals surface area (Å²) in [5.41, 5.74) is 0.953. The lowest BCUT2D eigenvalue weighted by molar-refractivity contribution is 0.336. The molecule has 118 valence electrons. The minimum Gasteiger partial charge on any atom is -0.271 e. The van der Waals surface area contributed by atoms with Gasteiger partial charge in [0.05, 0.1) is 6.54 Å². The van der Waals surface area contributed by atoms with Gasteiger partial charge in [-0.15, -0.1) is 0 Å². The third-order valence-electron chi connectivity index (χ3n) is 3.89. The van der Waals surface area contributed by atoms with Gasteiger partial charge in [0.2, 0.25) is 0 Å². The molecule has 1 aromatic carbocycles. The van der Waals surface area contributed by atoms with Crippen LogP contribution in [0.25, 0.3) is 0 Å². The first kappa shape index (κ1) is 15.2. The van der Waals surface area contributed by atoms with Crippen LogP contribution >= 0.6 is 0 Å². The van der Waals surface area contributed by atoms with Crippen molar-refractivity contribution in [3.63, 3.8) is 0 Å². The second-order valence-corrected chi connectivity index (χ2v) is 7.15. The van der Waals surface area contributed by atoms with E-state index >= 15 is 0 Å². The van der Waals surface area contributed by atoms with E-state index in [1.165, 1.54) is 0 Å². The Balaban J connectivity index is 1.65. The molecule has 1 atom stereocenters. The van der Waals surface area contributed by atoms with E-state index in [9.17, 15) is 8.42 Å². The lowest BCUT2D eigenvalue weighted by atomic mass is 10.2. The van der Waals surface area contributed by atoms with Crippen molar-refractivity contribution in [2.45, 2.75) is 32.0 Å². The van der Waals surface area contributed by atoms with Crippen molar-refractivity contribution in [2.24, 2.45) is 0 Å². The molecule has 0 spiro atoms. The minimum atomic E-state index is -3.47. The van der Waals surface area contributed by atoms with Gasteiger partial charge >= 0.3 is 0 Å². The molecular formula is C15H20N4O2S. The quantitative estimate of drug-likeness (QED) is 0.874. The largest absolute Gasteiger partial charge is 0.280 e. The summed E-state index contributed by atoms with van der Waals surface area (Å²) in [7, 11) is -3.47. The van der Waals surface area contributed by atoms with Crippen molar-refractivity contribution >= 4 is 10.2 Å². The van der Waals surface area contributed by atoms with Crippen LogP contribution in [0.5, 0.6) is 0 Å². The maximum absolute atomic E-state index is 12.5. The van der Waals surface area contributed by atoms with Gasteiger partial charge in [0, 0.05) is 31.5 Å². The molecule has 1 aliphatic heterocycles. The smallest absolute Gasteiger partial charge is 0.271 e. The average Bonchev–Trinajstić information content (AvgIpc) is 3.19. The number of hydrogen-bond donors (Lipinski definition) is 1. The Kier molecular flexibility index (Phi) is 4.56. The zero-order valence-corrected chi connectivity index (χ0v) is 13.1. The van der Waals surface area contributed by atoms with Crippen molar-refractivity contribution in [1.82, 2.24) is 18.8 Å². The highest BCUT2D eigenvalue weighted by Gasteiger charge is 2.34. The highest BCUT2D eigenvalue weighted by Crippen LogP contribution is 2.21. The van der Waals surface area contributed by atoms with Gasteiger partial charge in [0.25, 0.3) is 10.2 Å². The summed E-state index contributed by atoms with van der Waals surface area (Å²) in [5, 5.41) is 4.16. The van der Waals surface area contributed by atoms with Gasteiger partial charge in [-0.25, -0.2) is 0 Å². The van der Waals surface area contributed by atoms with Crippen LogP contribution < -0.4 is 4.72 Å². The van der Waals surface area contributed by atoms with Crippen LogP contribution in [-0.4, -0.2) is 35.1 Å². The Labute approximate surface area is 130 Å². The number of benzene rings is 1. The first-order valence-electron chi connectivity index (χ1n) is 7.43. The first-order valence-corrected chi connectivity index (χ1v) is 8.87. The molecule has 2 aromatic rings. The molecular weight excluding hydrogens is 300 g/mol. The van der Waals surface area contributed by atoms with Crippen molar-refractivity contribution in [1.29, 1.82) is 0 Å². The summed E-state index contributed by atoms with van der Waals surface area (Å²) < 4.78 is 31.1. The van der Waals surface area contributed by atoms with Crippen molar-refractivity contribution in [3.8, 4) is 0 Å². The predicted octanol–water partition coefficient (Wildman–Crippen LogP) is 1.38. The van der Waals surface area contributed by atoms with E-state index in [1.807, 2.05) is 42.6 Å². The van der Waals surface area contributed by atoms with Gasteiger partial charge < -0.3 is 0 Å². The van der Waals surface area contributed by atoms with Crippen LogP contribution in [0.15, 0.2) is 48.8 Å². The fourth-order valence-electron chi connectivity index (χ4n) is 2.79. The molecule has 7 heteroatoms. The molecule has 1 saturated heterocycles. The van der Waals surface area contributed by atoms with E-state index < -0.39 is 10.2 Å². The predicted molar refractivity (Wildman–Crippen MR) is 84.2 cm³/mol. The molecule has 0 aliphatic carbocycles. The van der Waals surface area contributed by atoms with Crippen LogP contribution in [0, 0.1) is 0 Å². The van der Waals surface area contributed by atoms with Gasteiger partial charge in [-0.2, -0.15) is 22.5 Å². The van der Waals surface area contributed by atoms with Crippen LogP contribution in [0.1, 0.15) is 18.4 Å². The Morgan fingerprint density at radius 1 is 1.23 bits per heavy atom. The standard InChI is InChI=1S/C15H20N4O2S/c20-22(21,17-12-14-6-2-1-3-7-14)19-11-4-8-15(19)13-18-10-5-9-16-18/h1-3,5-7,9-10,15,17H,4,8,11-13H2. The van der Waals surface area contributed by atoms with Gasteiger partial charge in [-0.05, 0) is 24.5 Å². The molecule has 1 aliphatic rings. The normalized spacial score (nSPS) is 19.5. The summed E-state index contributed by atoms with van der Waals surface area (Å²) >= 11 is 0. The zero-order chi connectivity index (χ0) is 15.4. The molecule has 0 amide bonds. The Hall–Kier alpha value is -1.70. The number of hydrogen-bond acceptors (Lipinski definition) is 3. The van der Waals surface area contributed by atoms with Crippen molar-refractivity contribution < 1.29 is 8.42 Å². The summed E-state index contributed by atoms with van der Waals surface area (Å²) in [6.45, 7) is 1.48. The average molecular weight is 320 g/mol. The van der Waals surface area contributed by atoms with Crippen LogP contribution in [0.4, 0.5) is 0 Å². The van der Waals surface area contributed by atoms with E-state index in [0.29, 0.717) is 19.6 Å². The molecule has 6 nitrogen and oxygen atoms in total. The number of nitrogens with zero attached hydrogens (tertiary/aromatic N) is 3. The fraction of sp³-hybridized carbons (Fsp3) is 0.400. The summed E-state index contributed by atoms with van der Waals surface area (Å²) in [6.07, 6.45) is 5.33. The van der Waals surface area contributed by atoms with Gasteiger partial charge in [-0.1, -0.05) is 30.3 Å². The molecule has 1 unspecified atom stereocenters. The van der Waals surface area contributed by atoms with Gasteiger partial charge in [-0.3, -0.25) is 4.68 Å². The Morgan fingerprint density at radius 3 is 2.77 bits per heavy atom. The highest BCUT2D eigenvalue weighted by atomic mass is 32.2. The molecule has 0 saturated carbocycles. The molecule has 22 heavy (non-hydrogen) atoms. The molecule has 1 aromatic heterocycles. The summed E-state index contributed by atoms with van der Waals surface area (Å²) in [6, 6.07) is 11.4. The van der Waals surface area contributed by atoms with Gasteiger partial charge in [0.15, 0.2) is 0 Å². The fourth-order valence-corrected chi connectivity index (χ4v) is 4.23. The highest BCUT2D eigenvalue weighted by molar-refractivity contribution is 7.87. The molecule has 2 heterocycles. The van der Waals surface area contributed by atoms with Gasteiger partial charge in [0.1, 0.15) is 0 Å². The summed E-state index contributed by atoms with van der Waals surface area (Å²) in [4.78, 5) is 0. The SMILES string of the molecule is O=S(=O)(NCc1ccccc1)N1CCCC1Cn1cccn1.